The maximum atomic E-state index is 12.6. The van der Waals surface area contributed by atoms with Gasteiger partial charge in [0.15, 0.2) is 11.5 Å². The van der Waals surface area contributed by atoms with Crippen LogP contribution in [0.15, 0.2) is 12.1 Å². The normalized spacial score (nSPS) is 42.6. The van der Waals surface area contributed by atoms with Crippen molar-refractivity contribution >= 4 is 0 Å². The van der Waals surface area contributed by atoms with E-state index in [1.165, 1.54) is 18.4 Å². The molecule has 0 aromatic heterocycles. The molecule has 2 aliphatic heterocycles. The summed E-state index contributed by atoms with van der Waals surface area (Å²) in [6, 6.07) is 4.22. The maximum absolute atomic E-state index is 12.6. The van der Waals surface area contributed by atoms with Gasteiger partial charge in [-0.3, -0.25) is 4.90 Å². The molecular formula is C29H43NO4. The van der Waals surface area contributed by atoms with Crippen LogP contribution in [0.5, 0.6) is 11.5 Å². The zero-order chi connectivity index (χ0) is 24.5. The Bertz CT molecular complexity index is 1030. The Hall–Kier alpha value is -1.30. The van der Waals surface area contributed by atoms with Gasteiger partial charge < -0.3 is 20.1 Å². The highest BCUT2D eigenvalue weighted by molar-refractivity contribution is 5.62. The number of nitrogens with zero attached hydrogens (tertiary/aromatic N) is 1. The molecule has 2 heterocycles. The number of aliphatic hydroxyl groups is 2. The van der Waals surface area contributed by atoms with Gasteiger partial charge in [-0.05, 0) is 80.4 Å². The van der Waals surface area contributed by atoms with Crippen LogP contribution in [0.2, 0.25) is 0 Å². The highest BCUT2D eigenvalue weighted by atomic mass is 16.5. The van der Waals surface area contributed by atoms with Crippen molar-refractivity contribution in [2.45, 2.75) is 109 Å². The maximum Gasteiger partial charge on any atom is 0.165 e. The minimum atomic E-state index is -1.19. The van der Waals surface area contributed by atoms with E-state index in [0.29, 0.717) is 18.2 Å². The summed E-state index contributed by atoms with van der Waals surface area (Å²) in [4.78, 5) is 2.73. The Morgan fingerprint density at radius 3 is 2.50 bits per heavy atom. The highest BCUT2D eigenvalue weighted by Gasteiger charge is 2.77. The Morgan fingerprint density at radius 2 is 1.88 bits per heavy atom. The van der Waals surface area contributed by atoms with Crippen LogP contribution in [0.4, 0.5) is 0 Å². The van der Waals surface area contributed by atoms with Crippen molar-refractivity contribution in [1.29, 1.82) is 0 Å². The van der Waals surface area contributed by atoms with Crippen LogP contribution in [0.25, 0.3) is 0 Å². The van der Waals surface area contributed by atoms with Gasteiger partial charge in [-0.2, -0.15) is 0 Å². The minimum Gasteiger partial charge on any atom is -0.504 e. The van der Waals surface area contributed by atoms with Crippen LogP contribution in [-0.4, -0.2) is 56.7 Å². The molecule has 5 nitrogen and oxygen atoms in total. The molecule has 188 valence electrons. The number of phenolic OH excluding ortho intramolecular Hbond substituents is 1. The third kappa shape index (κ3) is 2.57. The van der Waals surface area contributed by atoms with Crippen molar-refractivity contribution in [3.63, 3.8) is 0 Å². The van der Waals surface area contributed by atoms with Gasteiger partial charge in [0.05, 0.1) is 5.60 Å². The smallest absolute Gasteiger partial charge is 0.165 e. The molecule has 6 rings (SSSR count). The summed E-state index contributed by atoms with van der Waals surface area (Å²) < 4.78 is 6.72. The van der Waals surface area contributed by atoms with Gasteiger partial charge in [-0.1, -0.05) is 40.7 Å². The molecule has 1 aromatic carbocycles. The number of likely N-dealkylation sites (tertiary alicyclic amines) is 1. The van der Waals surface area contributed by atoms with Crippen LogP contribution in [0.1, 0.15) is 84.8 Å². The molecular weight excluding hydrogens is 426 g/mol. The summed E-state index contributed by atoms with van der Waals surface area (Å²) in [7, 11) is 0. The molecule has 1 saturated heterocycles. The summed E-state index contributed by atoms with van der Waals surface area (Å²) in [5, 5.41) is 35.5. The van der Waals surface area contributed by atoms with Gasteiger partial charge in [0, 0.05) is 29.5 Å². The largest absolute Gasteiger partial charge is 0.504 e. The van der Waals surface area contributed by atoms with Crippen molar-refractivity contribution < 1.29 is 20.1 Å². The van der Waals surface area contributed by atoms with Gasteiger partial charge in [-0.25, -0.2) is 0 Å². The van der Waals surface area contributed by atoms with E-state index in [-0.39, 0.29) is 22.5 Å². The molecule has 3 fully saturated rings. The minimum absolute atomic E-state index is 0.168. The fourth-order valence-electron chi connectivity index (χ4n) is 8.73. The molecule has 0 amide bonds. The molecule has 5 aliphatic rings. The fourth-order valence-corrected chi connectivity index (χ4v) is 8.73. The Kier molecular flexibility index (Phi) is 4.57. The van der Waals surface area contributed by atoms with E-state index in [1.807, 2.05) is 13.8 Å². The molecule has 3 N–H and O–H groups in total. The second kappa shape index (κ2) is 6.72. The second-order valence-corrected chi connectivity index (χ2v) is 13.7. The Morgan fingerprint density at radius 1 is 1.18 bits per heavy atom. The second-order valence-electron chi connectivity index (χ2n) is 13.7. The molecule has 0 radical (unpaired) electrons. The monoisotopic (exact) mass is 469 g/mol. The first-order chi connectivity index (χ1) is 15.8. The van der Waals surface area contributed by atoms with E-state index < -0.39 is 22.7 Å². The van der Waals surface area contributed by atoms with E-state index in [4.69, 9.17) is 4.74 Å². The third-order valence-electron chi connectivity index (χ3n) is 11.4. The molecule has 3 aliphatic carbocycles. The Balaban J connectivity index is 1.59. The quantitative estimate of drug-likeness (QED) is 0.610. The molecule has 7 atom stereocenters. The van der Waals surface area contributed by atoms with E-state index >= 15 is 0 Å². The third-order valence-corrected chi connectivity index (χ3v) is 11.4. The van der Waals surface area contributed by atoms with E-state index in [9.17, 15) is 15.3 Å². The van der Waals surface area contributed by atoms with Gasteiger partial charge in [0.1, 0.15) is 11.7 Å². The summed E-state index contributed by atoms with van der Waals surface area (Å²) >= 11 is 0. The van der Waals surface area contributed by atoms with Crippen LogP contribution in [-0.2, 0) is 11.8 Å². The number of phenols is 1. The Labute approximate surface area is 204 Å². The summed E-state index contributed by atoms with van der Waals surface area (Å²) in [5.41, 5.74) is -0.774. The molecule has 2 saturated carbocycles. The molecule has 1 spiro atoms. The zero-order valence-corrected chi connectivity index (χ0v) is 21.8. The first-order valence-corrected chi connectivity index (χ1v) is 13.5. The molecule has 5 heteroatoms. The van der Waals surface area contributed by atoms with Crippen molar-refractivity contribution in [1.82, 2.24) is 4.90 Å². The zero-order valence-electron chi connectivity index (χ0n) is 21.8. The van der Waals surface area contributed by atoms with Crippen molar-refractivity contribution in [3.8, 4) is 11.5 Å². The van der Waals surface area contributed by atoms with E-state index in [1.54, 1.807) is 6.07 Å². The number of hydrogen-bond acceptors (Lipinski definition) is 5. The fraction of sp³-hybridized carbons (Fsp3) is 0.793. The topological polar surface area (TPSA) is 73.2 Å². The van der Waals surface area contributed by atoms with Crippen LogP contribution in [0.3, 0.4) is 0 Å². The van der Waals surface area contributed by atoms with Crippen LogP contribution in [0, 0.1) is 22.7 Å². The van der Waals surface area contributed by atoms with Gasteiger partial charge >= 0.3 is 0 Å². The predicted molar refractivity (Wildman–Crippen MR) is 132 cm³/mol. The number of ether oxygens (including phenoxy) is 1. The summed E-state index contributed by atoms with van der Waals surface area (Å²) in [6.45, 7) is 14.7. The van der Waals surface area contributed by atoms with E-state index in [0.717, 1.165) is 43.8 Å². The van der Waals surface area contributed by atoms with Crippen molar-refractivity contribution in [2.75, 3.05) is 13.1 Å². The summed E-state index contributed by atoms with van der Waals surface area (Å²) in [6.07, 6.45) is 5.32. The molecule has 34 heavy (non-hydrogen) atoms. The first kappa shape index (κ1) is 23.1. The van der Waals surface area contributed by atoms with Crippen LogP contribution >= 0.6 is 0 Å². The average molecular weight is 470 g/mol. The lowest BCUT2D eigenvalue weighted by Crippen LogP contribution is -2.79. The van der Waals surface area contributed by atoms with Crippen molar-refractivity contribution in [2.24, 2.45) is 22.7 Å². The first-order valence-electron chi connectivity index (χ1n) is 13.5. The predicted octanol–water partition coefficient (Wildman–Crippen LogP) is 4.40. The molecule has 1 aromatic rings. The van der Waals surface area contributed by atoms with Gasteiger partial charge in [-0.15, -0.1) is 0 Å². The number of aromatic hydroxyl groups is 1. The SMILES string of the molecule is CC[C@@]1(O)[C@@H]([C@](C)(O)C(C)(C)C)C[C@]2(C)[C@H]3Cc4ccc(O)c5c4[C@@]2(CCN3CC2CC2)[C@H]1O5. The standard InChI is InChI=1S/C29H43NO4/c1-7-29(33)20(27(6,32)25(2,3)4)15-26(5)21-14-18-10-11-19(31)23-22(18)28(26,24(29)34-23)12-13-30(21)16-17-8-9-17/h10-11,17,20-21,24,31-33H,7-9,12-16H2,1-6H3/t20-,21-,24-,26-,27+,28+,29-/m1/s1. The lowest BCUT2D eigenvalue weighted by Gasteiger charge is -2.70. The van der Waals surface area contributed by atoms with Crippen LogP contribution < -0.4 is 4.74 Å². The molecule has 2 bridgehead atoms. The molecule has 0 unspecified atom stereocenters. The number of rotatable bonds is 4. The van der Waals surface area contributed by atoms with Crippen molar-refractivity contribution in [3.05, 3.63) is 23.3 Å². The highest BCUT2D eigenvalue weighted by Crippen LogP contribution is 2.73. The lowest BCUT2D eigenvalue weighted by atomic mass is 9.38. The van der Waals surface area contributed by atoms with Gasteiger partial charge in [0.2, 0.25) is 0 Å². The lowest BCUT2D eigenvalue weighted by molar-refractivity contribution is -0.269. The number of hydrogen-bond donors (Lipinski definition) is 3. The summed E-state index contributed by atoms with van der Waals surface area (Å²) in [5.74, 6) is 1.25. The average Bonchev–Trinajstić information content (AvgIpc) is 3.49. The van der Waals surface area contributed by atoms with Gasteiger partial charge in [0.25, 0.3) is 0 Å². The number of benzene rings is 1. The van der Waals surface area contributed by atoms with E-state index in [2.05, 4.69) is 38.7 Å². The number of piperidine rings is 1.